The Morgan fingerprint density at radius 3 is 2.59 bits per heavy atom. The standard InChI is InChI=1S/C12H13F3O2/c1-2-17-10(16)5-3-4-8-6-7-9(13)12(15)11(8)14/h6-7H,2-5H2,1H3. The van der Waals surface area contributed by atoms with E-state index >= 15 is 0 Å². The lowest BCUT2D eigenvalue weighted by Gasteiger charge is -2.04. The third-order valence-corrected chi connectivity index (χ3v) is 2.25. The highest BCUT2D eigenvalue weighted by molar-refractivity contribution is 5.69. The largest absolute Gasteiger partial charge is 0.466 e. The highest BCUT2D eigenvalue weighted by atomic mass is 19.2. The summed E-state index contributed by atoms with van der Waals surface area (Å²) >= 11 is 0. The minimum Gasteiger partial charge on any atom is -0.466 e. The van der Waals surface area contributed by atoms with E-state index in [0.717, 1.165) is 6.07 Å². The molecule has 0 saturated heterocycles. The number of ether oxygens (including phenoxy) is 1. The minimum absolute atomic E-state index is 0.0631. The summed E-state index contributed by atoms with van der Waals surface area (Å²) in [5.41, 5.74) is 0.0631. The average Bonchev–Trinajstić information content (AvgIpc) is 2.29. The smallest absolute Gasteiger partial charge is 0.305 e. The topological polar surface area (TPSA) is 26.3 Å². The van der Waals surface area contributed by atoms with E-state index < -0.39 is 17.5 Å². The van der Waals surface area contributed by atoms with E-state index in [9.17, 15) is 18.0 Å². The van der Waals surface area contributed by atoms with Gasteiger partial charge in [-0.15, -0.1) is 0 Å². The van der Waals surface area contributed by atoms with Crippen LogP contribution in [0, 0.1) is 17.5 Å². The molecular weight excluding hydrogens is 233 g/mol. The maximum atomic E-state index is 13.2. The van der Waals surface area contributed by atoms with Gasteiger partial charge in [-0.1, -0.05) is 6.07 Å². The Balaban J connectivity index is 2.53. The lowest BCUT2D eigenvalue weighted by atomic mass is 10.1. The van der Waals surface area contributed by atoms with Gasteiger partial charge in [0.05, 0.1) is 6.61 Å². The second-order valence-corrected chi connectivity index (χ2v) is 3.49. The quantitative estimate of drug-likeness (QED) is 0.589. The van der Waals surface area contributed by atoms with Crippen molar-refractivity contribution in [3.63, 3.8) is 0 Å². The third kappa shape index (κ3) is 3.76. The first-order chi connectivity index (χ1) is 8.06. The summed E-state index contributed by atoms with van der Waals surface area (Å²) in [6, 6.07) is 2.05. The predicted octanol–water partition coefficient (Wildman–Crippen LogP) is 2.99. The van der Waals surface area contributed by atoms with Crippen LogP contribution in [0.5, 0.6) is 0 Å². The van der Waals surface area contributed by atoms with Gasteiger partial charge in [0, 0.05) is 6.42 Å². The lowest BCUT2D eigenvalue weighted by Crippen LogP contribution is -2.05. The summed E-state index contributed by atoms with van der Waals surface area (Å²) in [4.78, 5) is 11.0. The molecule has 0 heterocycles. The molecule has 2 nitrogen and oxygen atoms in total. The Hall–Kier alpha value is -1.52. The van der Waals surface area contributed by atoms with Crippen molar-refractivity contribution in [3.05, 3.63) is 35.1 Å². The van der Waals surface area contributed by atoms with Crippen LogP contribution in [-0.4, -0.2) is 12.6 Å². The molecule has 0 fully saturated rings. The maximum Gasteiger partial charge on any atom is 0.305 e. The van der Waals surface area contributed by atoms with Crippen molar-refractivity contribution in [1.82, 2.24) is 0 Å². The molecule has 5 heteroatoms. The molecule has 0 N–H and O–H groups in total. The summed E-state index contributed by atoms with van der Waals surface area (Å²) in [5, 5.41) is 0. The van der Waals surface area contributed by atoms with Crippen molar-refractivity contribution in [2.45, 2.75) is 26.2 Å². The average molecular weight is 246 g/mol. The Morgan fingerprint density at radius 1 is 1.24 bits per heavy atom. The number of hydrogen-bond acceptors (Lipinski definition) is 2. The fourth-order valence-electron chi connectivity index (χ4n) is 1.42. The molecule has 1 aromatic carbocycles. The molecule has 0 aliphatic carbocycles. The van der Waals surface area contributed by atoms with E-state index in [0.29, 0.717) is 13.0 Å². The number of rotatable bonds is 5. The number of hydrogen-bond donors (Lipinski definition) is 0. The zero-order valence-corrected chi connectivity index (χ0v) is 9.43. The van der Waals surface area contributed by atoms with E-state index in [2.05, 4.69) is 4.74 Å². The summed E-state index contributed by atoms with van der Waals surface area (Å²) in [6.45, 7) is 1.98. The van der Waals surface area contributed by atoms with Gasteiger partial charge in [-0.3, -0.25) is 4.79 Å². The molecule has 0 spiro atoms. The van der Waals surface area contributed by atoms with Crippen LogP contribution in [-0.2, 0) is 16.0 Å². The van der Waals surface area contributed by atoms with E-state index in [4.69, 9.17) is 0 Å². The third-order valence-electron chi connectivity index (χ3n) is 2.25. The van der Waals surface area contributed by atoms with Crippen LogP contribution < -0.4 is 0 Å². The van der Waals surface area contributed by atoms with E-state index in [1.165, 1.54) is 6.07 Å². The fourth-order valence-corrected chi connectivity index (χ4v) is 1.42. The zero-order valence-electron chi connectivity index (χ0n) is 9.43. The number of carbonyl (C=O) groups excluding carboxylic acids is 1. The molecule has 0 aliphatic heterocycles. The van der Waals surface area contributed by atoms with Crippen LogP contribution in [0.1, 0.15) is 25.3 Å². The second-order valence-electron chi connectivity index (χ2n) is 3.49. The van der Waals surface area contributed by atoms with Gasteiger partial charge in [-0.05, 0) is 31.4 Å². The molecule has 0 unspecified atom stereocenters. The molecule has 1 rings (SSSR count). The van der Waals surface area contributed by atoms with Gasteiger partial charge in [0.25, 0.3) is 0 Å². The summed E-state index contributed by atoms with van der Waals surface area (Å²) in [7, 11) is 0. The first-order valence-electron chi connectivity index (χ1n) is 5.34. The minimum atomic E-state index is -1.47. The highest BCUT2D eigenvalue weighted by Gasteiger charge is 2.13. The van der Waals surface area contributed by atoms with Gasteiger partial charge in [0.1, 0.15) is 0 Å². The Morgan fingerprint density at radius 2 is 1.94 bits per heavy atom. The first-order valence-corrected chi connectivity index (χ1v) is 5.34. The van der Waals surface area contributed by atoms with Gasteiger partial charge in [-0.2, -0.15) is 0 Å². The van der Waals surface area contributed by atoms with Crippen LogP contribution >= 0.6 is 0 Å². The van der Waals surface area contributed by atoms with Crippen LogP contribution in [0.25, 0.3) is 0 Å². The number of aryl methyl sites for hydroxylation is 1. The number of carbonyl (C=O) groups is 1. The molecule has 17 heavy (non-hydrogen) atoms. The molecule has 0 saturated carbocycles. The number of esters is 1. The lowest BCUT2D eigenvalue weighted by molar-refractivity contribution is -0.143. The summed E-state index contributed by atoms with van der Waals surface area (Å²) in [5.74, 6) is -4.25. The van der Waals surface area contributed by atoms with Crippen LogP contribution in [0.4, 0.5) is 13.2 Å². The van der Waals surface area contributed by atoms with E-state index in [1.807, 2.05) is 0 Å². The molecule has 0 amide bonds. The van der Waals surface area contributed by atoms with E-state index in [-0.39, 0.29) is 24.4 Å². The van der Waals surface area contributed by atoms with Gasteiger partial charge in [0.15, 0.2) is 17.5 Å². The monoisotopic (exact) mass is 246 g/mol. The molecule has 0 radical (unpaired) electrons. The second kappa shape index (κ2) is 6.27. The number of halogens is 3. The van der Waals surface area contributed by atoms with Gasteiger partial charge in [0.2, 0.25) is 0 Å². The first kappa shape index (κ1) is 13.5. The normalized spacial score (nSPS) is 10.4. The van der Waals surface area contributed by atoms with Crippen LogP contribution in [0.15, 0.2) is 12.1 Å². The highest BCUT2D eigenvalue weighted by Crippen LogP contribution is 2.17. The Kier molecular flexibility index (Phi) is 5.00. The van der Waals surface area contributed by atoms with Crippen molar-refractivity contribution in [3.8, 4) is 0 Å². The SMILES string of the molecule is CCOC(=O)CCCc1ccc(F)c(F)c1F. The van der Waals surface area contributed by atoms with Crippen molar-refractivity contribution in [2.75, 3.05) is 6.61 Å². The molecule has 94 valence electrons. The molecule has 0 aromatic heterocycles. The van der Waals surface area contributed by atoms with Crippen molar-refractivity contribution >= 4 is 5.97 Å². The Bertz CT molecular complexity index is 405. The molecule has 0 atom stereocenters. The molecule has 0 bridgehead atoms. The molecule has 0 aliphatic rings. The fraction of sp³-hybridized carbons (Fsp3) is 0.417. The van der Waals surface area contributed by atoms with Crippen LogP contribution in [0.2, 0.25) is 0 Å². The van der Waals surface area contributed by atoms with Crippen LogP contribution in [0.3, 0.4) is 0 Å². The Labute approximate surface area is 97.4 Å². The zero-order chi connectivity index (χ0) is 12.8. The number of benzene rings is 1. The van der Waals surface area contributed by atoms with Gasteiger partial charge in [-0.25, -0.2) is 13.2 Å². The van der Waals surface area contributed by atoms with Gasteiger partial charge < -0.3 is 4.74 Å². The summed E-state index contributed by atoms with van der Waals surface area (Å²) in [6.07, 6.45) is 0.634. The van der Waals surface area contributed by atoms with Crippen molar-refractivity contribution in [1.29, 1.82) is 0 Å². The molecule has 1 aromatic rings. The van der Waals surface area contributed by atoms with E-state index in [1.54, 1.807) is 6.92 Å². The van der Waals surface area contributed by atoms with Gasteiger partial charge >= 0.3 is 5.97 Å². The summed E-state index contributed by atoms with van der Waals surface area (Å²) < 4.78 is 43.4. The maximum absolute atomic E-state index is 13.2. The van der Waals surface area contributed by atoms with Crippen molar-refractivity contribution < 1.29 is 22.7 Å². The predicted molar refractivity (Wildman–Crippen MR) is 55.9 cm³/mol. The van der Waals surface area contributed by atoms with Crippen molar-refractivity contribution in [2.24, 2.45) is 0 Å². The molecular formula is C12H13F3O2.